The number of nitrogens with zero attached hydrogens (tertiary/aromatic N) is 2. The van der Waals surface area contributed by atoms with Crippen LogP contribution >= 0.6 is 0 Å². The molecule has 1 aromatic rings. The van der Waals surface area contributed by atoms with Crippen molar-refractivity contribution in [3.05, 3.63) is 29.8 Å². The molecule has 1 aliphatic heterocycles. The van der Waals surface area contributed by atoms with Gasteiger partial charge in [-0.15, -0.1) is 0 Å². The minimum atomic E-state index is 0.614. The fraction of sp³-hybridized carbons (Fsp3) is 0.650. The number of hydrogen-bond acceptors (Lipinski definition) is 2. The first-order chi connectivity index (χ1) is 11.7. The van der Waals surface area contributed by atoms with Gasteiger partial charge < -0.3 is 15.0 Å². The van der Waals surface area contributed by atoms with Crippen molar-refractivity contribution >= 4 is 5.96 Å². The van der Waals surface area contributed by atoms with E-state index in [1.807, 2.05) is 13.1 Å². The largest absolute Gasteiger partial charge is 0.494 e. The van der Waals surface area contributed by atoms with E-state index in [9.17, 15) is 0 Å². The monoisotopic (exact) mass is 329 g/mol. The second kappa shape index (κ2) is 7.91. The van der Waals surface area contributed by atoms with E-state index >= 15 is 0 Å². The summed E-state index contributed by atoms with van der Waals surface area (Å²) in [5.74, 6) is 2.04. The lowest BCUT2D eigenvalue weighted by molar-refractivity contribution is 0.151. The summed E-state index contributed by atoms with van der Waals surface area (Å²) in [6, 6.07) is 8.44. The summed E-state index contributed by atoms with van der Waals surface area (Å²) in [5.41, 5.74) is 1.92. The molecule has 0 atom stereocenters. The number of aliphatic imine (C=N–C) groups is 1. The lowest BCUT2D eigenvalue weighted by Gasteiger charge is -2.38. The molecule has 1 aliphatic carbocycles. The smallest absolute Gasteiger partial charge is 0.193 e. The average molecular weight is 329 g/mol. The quantitative estimate of drug-likeness (QED) is 0.641. The van der Waals surface area contributed by atoms with Gasteiger partial charge in [0.1, 0.15) is 5.75 Å². The summed E-state index contributed by atoms with van der Waals surface area (Å²) < 4.78 is 5.72. The summed E-state index contributed by atoms with van der Waals surface area (Å²) in [4.78, 5) is 6.93. The van der Waals surface area contributed by atoms with E-state index < -0.39 is 0 Å². The van der Waals surface area contributed by atoms with E-state index in [0.29, 0.717) is 5.41 Å². The zero-order valence-corrected chi connectivity index (χ0v) is 15.2. The zero-order chi connectivity index (χ0) is 16.8. The molecule has 2 fully saturated rings. The molecular weight excluding hydrogens is 298 g/mol. The predicted molar refractivity (Wildman–Crippen MR) is 99.8 cm³/mol. The van der Waals surface area contributed by atoms with E-state index in [0.717, 1.165) is 44.2 Å². The van der Waals surface area contributed by atoms with Crippen LogP contribution in [-0.4, -0.2) is 44.1 Å². The van der Waals surface area contributed by atoms with Crippen molar-refractivity contribution in [1.82, 2.24) is 10.2 Å². The minimum Gasteiger partial charge on any atom is -0.494 e. The minimum absolute atomic E-state index is 0.614. The Balaban J connectivity index is 1.46. The van der Waals surface area contributed by atoms with Crippen LogP contribution in [0.3, 0.4) is 0 Å². The van der Waals surface area contributed by atoms with Crippen LogP contribution in [0.25, 0.3) is 0 Å². The molecule has 1 aromatic carbocycles. The first-order valence-electron chi connectivity index (χ1n) is 9.42. The summed E-state index contributed by atoms with van der Waals surface area (Å²) in [6.07, 6.45) is 7.59. The molecule has 1 saturated heterocycles. The van der Waals surface area contributed by atoms with Gasteiger partial charge in [-0.3, -0.25) is 4.99 Å². The molecule has 0 bridgehead atoms. The number of ether oxygens (including phenoxy) is 1. The van der Waals surface area contributed by atoms with Crippen LogP contribution in [-0.2, 0) is 6.42 Å². The Morgan fingerprint density at radius 2 is 2.21 bits per heavy atom. The Morgan fingerprint density at radius 1 is 1.33 bits per heavy atom. The molecular formula is C20H31N3O. The van der Waals surface area contributed by atoms with Crippen molar-refractivity contribution in [3.8, 4) is 5.75 Å². The molecule has 0 unspecified atom stereocenters. The van der Waals surface area contributed by atoms with Gasteiger partial charge in [-0.2, -0.15) is 0 Å². The molecule has 1 spiro atoms. The predicted octanol–water partition coefficient (Wildman–Crippen LogP) is 3.47. The van der Waals surface area contributed by atoms with Gasteiger partial charge in [0, 0.05) is 26.7 Å². The highest BCUT2D eigenvalue weighted by molar-refractivity contribution is 5.80. The van der Waals surface area contributed by atoms with E-state index in [2.05, 4.69) is 40.3 Å². The molecule has 0 aromatic heterocycles. The van der Waals surface area contributed by atoms with Gasteiger partial charge in [-0.1, -0.05) is 25.5 Å². The third-order valence-electron chi connectivity index (χ3n) is 5.43. The summed E-state index contributed by atoms with van der Waals surface area (Å²) in [6.45, 7) is 6.16. The molecule has 1 heterocycles. The topological polar surface area (TPSA) is 36.9 Å². The van der Waals surface area contributed by atoms with Crippen molar-refractivity contribution in [3.63, 3.8) is 0 Å². The first-order valence-corrected chi connectivity index (χ1v) is 9.42. The van der Waals surface area contributed by atoms with Gasteiger partial charge in [0.05, 0.1) is 6.61 Å². The molecule has 4 nitrogen and oxygen atoms in total. The Bertz CT molecular complexity index is 566. The standard InChI is InChI=1S/C20H31N3O/c1-3-14-24-18-7-4-6-17(15-18)8-12-22-19(21-2)23-13-11-20(16-23)9-5-10-20/h4,6-7,15H,3,5,8-14,16H2,1-2H3,(H,21,22). The van der Waals surface area contributed by atoms with E-state index in [4.69, 9.17) is 4.74 Å². The van der Waals surface area contributed by atoms with Crippen LogP contribution in [0.5, 0.6) is 5.75 Å². The molecule has 1 N–H and O–H groups in total. The van der Waals surface area contributed by atoms with Crippen LogP contribution in [0.15, 0.2) is 29.3 Å². The highest BCUT2D eigenvalue weighted by atomic mass is 16.5. The van der Waals surface area contributed by atoms with Crippen LogP contribution in [0, 0.1) is 5.41 Å². The third kappa shape index (κ3) is 4.03. The summed E-state index contributed by atoms with van der Waals surface area (Å²) in [7, 11) is 1.90. The van der Waals surface area contributed by atoms with Crippen LogP contribution in [0.2, 0.25) is 0 Å². The number of nitrogens with one attached hydrogen (secondary N) is 1. The Morgan fingerprint density at radius 3 is 2.88 bits per heavy atom. The van der Waals surface area contributed by atoms with Gasteiger partial charge in [-0.25, -0.2) is 0 Å². The van der Waals surface area contributed by atoms with E-state index in [-0.39, 0.29) is 0 Å². The molecule has 132 valence electrons. The van der Waals surface area contributed by atoms with Crippen LogP contribution in [0.1, 0.15) is 44.6 Å². The van der Waals surface area contributed by atoms with E-state index in [1.165, 1.54) is 37.8 Å². The SMILES string of the molecule is CCCOc1cccc(CCNC(=NC)N2CCC3(CCC3)C2)c1. The van der Waals surface area contributed by atoms with E-state index in [1.54, 1.807) is 0 Å². The van der Waals surface area contributed by atoms with Gasteiger partial charge in [0.15, 0.2) is 5.96 Å². The molecule has 24 heavy (non-hydrogen) atoms. The van der Waals surface area contributed by atoms with Gasteiger partial charge >= 0.3 is 0 Å². The van der Waals surface area contributed by atoms with Crippen molar-refractivity contribution in [1.29, 1.82) is 0 Å². The maximum absolute atomic E-state index is 5.72. The fourth-order valence-corrected chi connectivity index (χ4v) is 3.86. The van der Waals surface area contributed by atoms with Gasteiger partial charge in [0.25, 0.3) is 0 Å². The maximum Gasteiger partial charge on any atom is 0.193 e. The first kappa shape index (κ1) is 17.1. The number of guanidine groups is 1. The van der Waals surface area contributed by atoms with Crippen molar-refractivity contribution in [2.45, 2.75) is 45.4 Å². The molecule has 2 aliphatic rings. The lowest BCUT2D eigenvalue weighted by Crippen LogP contribution is -2.43. The third-order valence-corrected chi connectivity index (χ3v) is 5.43. The number of likely N-dealkylation sites (tertiary alicyclic amines) is 1. The number of hydrogen-bond donors (Lipinski definition) is 1. The molecule has 0 radical (unpaired) electrons. The Labute approximate surface area is 146 Å². The Hall–Kier alpha value is -1.71. The zero-order valence-electron chi connectivity index (χ0n) is 15.2. The molecule has 1 saturated carbocycles. The molecule has 3 rings (SSSR count). The highest BCUT2D eigenvalue weighted by Gasteiger charge is 2.43. The molecule has 0 amide bonds. The summed E-state index contributed by atoms with van der Waals surface area (Å²) >= 11 is 0. The fourth-order valence-electron chi connectivity index (χ4n) is 3.86. The van der Waals surface area contributed by atoms with Gasteiger partial charge in [-0.05, 0) is 55.2 Å². The number of benzene rings is 1. The van der Waals surface area contributed by atoms with Crippen molar-refractivity contribution < 1.29 is 4.74 Å². The maximum atomic E-state index is 5.72. The second-order valence-corrected chi connectivity index (χ2v) is 7.24. The second-order valence-electron chi connectivity index (χ2n) is 7.24. The van der Waals surface area contributed by atoms with Crippen LogP contribution < -0.4 is 10.1 Å². The Kier molecular flexibility index (Phi) is 5.64. The van der Waals surface area contributed by atoms with Crippen LogP contribution in [0.4, 0.5) is 0 Å². The number of rotatable bonds is 6. The average Bonchev–Trinajstić information content (AvgIpc) is 3.03. The van der Waals surface area contributed by atoms with Gasteiger partial charge in [0.2, 0.25) is 0 Å². The van der Waals surface area contributed by atoms with Crippen molar-refractivity contribution in [2.24, 2.45) is 10.4 Å². The highest BCUT2D eigenvalue weighted by Crippen LogP contribution is 2.47. The molecule has 4 heteroatoms. The lowest BCUT2D eigenvalue weighted by atomic mass is 9.68. The van der Waals surface area contributed by atoms with Crippen molar-refractivity contribution in [2.75, 3.05) is 33.3 Å². The summed E-state index contributed by atoms with van der Waals surface area (Å²) in [5, 5.41) is 3.54. The normalized spacial score (nSPS) is 19.4.